The molecule has 0 radical (unpaired) electrons. The Kier molecular flexibility index (Phi) is 87.4. The minimum absolute atomic E-state index is 0. The third-order valence-electron chi connectivity index (χ3n) is 0.545. The first-order chi connectivity index (χ1) is 7.45. The van der Waals surface area contributed by atoms with Gasteiger partial charge in [-0.25, -0.2) is 14.6 Å². The fourth-order valence-electron chi connectivity index (χ4n) is 0.125. The molecule has 0 aromatic heterocycles. The smallest absolute Gasteiger partial charge is 0.341 e. The Hall–Kier alpha value is -0.0448. The molecule has 4 N–H and O–H groups in total. The minimum atomic E-state index is -0.157. The van der Waals surface area contributed by atoms with Crippen molar-refractivity contribution in [2.45, 2.75) is 14.4 Å². The summed E-state index contributed by atoms with van der Waals surface area (Å²) in [5, 5.41) is 4.73. The molecule has 0 aliphatic heterocycles. The standard InChI is InChI=1S/C3H8N2O.C3H5O.C2H3NO.CH5N.CH4.Rb/c1-4-3(6)5-2;1-3(2)4;1-3-2-4;1-2;;/h1-2H3,(H2,4,5,6);1H2,2H3;1H3;2H2,1H3;1H4;/q;-1;;;;+1. The van der Waals surface area contributed by atoms with Crippen LogP contribution in [0.2, 0.25) is 0 Å². The number of carbonyl (C=O) groups is 2. The molecule has 0 aromatic carbocycles. The molecule has 18 heavy (non-hydrogen) atoms. The molecule has 0 heterocycles. The van der Waals surface area contributed by atoms with E-state index in [-0.39, 0.29) is 77.4 Å². The average molecular weight is 335 g/mol. The van der Waals surface area contributed by atoms with Crippen molar-refractivity contribution in [2.75, 3.05) is 28.2 Å². The van der Waals surface area contributed by atoms with E-state index in [0.29, 0.717) is 0 Å². The molecule has 0 saturated carbocycles. The quantitative estimate of drug-likeness (QED) is 0.251. The van der Waals surface area contributed by atoms with E-state index in [4.69, 9.17) is 4.79 Å². The molecule has 0 fully saturated rings. The molecule has 0 atom stereocenters. The molecule has 0 spiro atoms. The van der Waals surface area contributed by atoms with Gasteiger partial charge < -0.3 is 28.1 Å². The van der Waals surface area contributed by atoms with Gasteiger partial charge >= 0.3 is 64.2 Å². The van der Waals surface area contributed by atoms with Gasteiger partial charge in [0.25, 0.3) is 0 Å². The summed E-state index contributed by atoms with van der Waals surface area (Å²) in [6, 6.07) is -0.157. The maximum absolute atomic E-state index is 9.96. The summed E-state index contributed by atoms with van der Waals surface area (Å²) < 4.78 is 0. The number of Topliss-reactive ketones (excluding diaryl/α,β-unsaturated/α-hetero) is 1. The molecule has 8 heteroatoms. The molecule has 0 saturated heterocycles. The molecule has 0 rings (SSSR count). The zero-order valence-corrected chi connectivity index (χ0v) is 16.4. The second-order valence-corrected chi connectivity index (χ2v) is 1.85. The normalized spacial score (nSPS) is 5.00. The zero-order chi connectivity index (χ0) is 14.0. The molecule has 0 aromatic rings. The number of ketones is 1. The van der Waals surface area contributed by atoms with E-state index in [1.807, 2.05) is 0 Å². The Bertz CT molecular complexity index is 197. The van der Waals surface area contributed by atoms with Crippen LogP contribution in [-0.2, 0) is 9.59 Å². The van der Waals surface area contributed by atoms with Gasteiger partial charge in [0.1, 0.15) is 0 Å². The van der Waals surface area contributed by atoms with Crippen molar-refractivity contribution in [2.24, 2.45) is 10.7 Å². The summed E-state index contributed by atoms with van der Waals surface area (Å²) in [5.74, 6) is -0.0833. The van der Waals surface area contributed by atoms with Crippen molar-refractivity contribution in [1.29, 1.82) is 0 Å². The Morgan fingerprint density at radius 2 is 1.39 bits per heavy atom. The van der Waals surface area contributed by atoms with Crippen molar-refractivity contribution < 1.29 is 72.6 Å². The van der Waals surface area contributed by atoms with Gasteiger partial charge in [0.05, 0.1) is 0 Å². The van der Waals surface area contributed by atoms with E-state index in [0.717, 1.165) is 0 Å². The molecular formula is C10H25N4O3Rb. The summed E-state index contributed by atoms with van der Waals surface area (Å²) >= 11 is 0. The number of rotatable bonds is 0. The van der Waals surface area contributed by atoms with E-state index >= 15 is 0 Å². The van der Waals surface area contributed by atoms with E-state index in [9.17, 15) is 9.59 Å². The Morgan fingerprint density at radius 1 is 1.22 bits per heavy atom. The van der Waals surface area contributed by atoms with Crippen LogP contribution in [0, 0.1) is 6.92 Å². The maximum atomic E-state index is 9.96. The number of amides is 2. The topological polar surface area (TPSA) is 114 Å². The number of nitrogens with zero attached hydrogens (tertiary/aromatic N) is 1. The number of nitrogens with one attached hydrogen (secondary N) is 2. The van der Waals surface area contributed by atoms with Gasteiger partial charge in [-0.15, -0.1) is 0 Å². The molecule has 104 valence electrons. The van der Waals surface area contributed by atoms with Crippen LogP contribution in [0.1, 0.15) is 14.4 Å². The van der Waals surface area contributed by atoms with Crippen molar-refractivity contribution in [3.8, 4) is 0 Å². The van der Waals surface area contributed by atoms with Crippen LogP contribution in [0.5, 0.6) is 0 Å². The average Bonchev–Trinajstić information content (AvgIpc) is 2.30. The van der Waals surface area contributed by atoms with Crippen LogP contribution in [0.4, 0.5) is 4.79 Å². The van der Waals surface area contributed by atoms with Gasteiger partial charge in [-0.1, -0.05) is 7.43 Å². The van der Waals surface area contributed by atoms with Crippen molar-refractivity contribution in [3.63, 3.8) is 0 Å². The Balaban J connectivity index is -0.0000000272. The van der Waals surface area contributed by atoms with Crippen LogP contribution in [0.3, 0.4) is 0 Å². The van der Waals surface area contributed by atoms with Crippen molar-refractivity contribution in [1.82, 2.24) is 10.6 Å². The van der Waals surface area contributed by atoms with E-state index in [1.165, 1.54) is 27.1 Å². The number of carbonyl (C=O) groups excluding carboxylic acids is 3. The van der Waals surface area contributed by atoms with Crippen molar-refractivity contribution >= 4 is 17.9 Å². The van der Waals surface area contributed by atoms with Crippen molar-refractivity contribution in [3.05, 3.63) is 6.92 Å². The first-order valence-corrected chi connectivity index (χ1v) is 4.21. The van der Waals surface area contributed by atoms with E-state index in [1.54, 1.807) is 14.1 Å². The number of hydrogen-bond donors (Lipinski definition) is 3. The molecular weight excluding hydrogens is 310 g/mol. The monoisotopic (exact) mass is 334 g/mol. The summed E-state index contributed by atoms with van der Waals surface area (Å²) in [7, 11) is 6.02. The second kappa shape index (κ2) is 43.6. The van der Waals surface area contributed by atoms with Crippen LogP contribution >= 0.6 is 0 Å². The third kappa shape index (κ3) is 145. The number of hydrogen-bond acceptors (Lipinski definition) is 5. The molecule has 0 aliphatic rings. The van der Waals surface area contributed by atoms with E-state index in [2.05, 4.69) is 28.3 Å². The third-order valence-corrected chi connectivity index (χ3v) is 0.545. The molecule has 0 unspecified atom stereocenters. The largest absolute Gasteiger partial charge is 1.00 e. The van der Waals surface area contributed by atoms with Gasteiger partial charge in [0, 0.05) is 21.1 Å². The van der Waals surface area contributed by atoms with Gasteiger partial charge in [-0.05, 0) is 19.8 Å². The van der Waals surface area contributed by atoms with Gasteiger partial charge in [-0.3, -0.25) is 0 Å². The SMILES string of the molecule is C.CN.CN=C=O.CNC(=O)NC.[CH2-]C(C)=O.[Rb+]. The van der Waals surface area contributed by atoms with E-state index < -0.39 is 0 Å². The maximum Gasteiger partial charge on any atom is 1.00 e. The summed E-state index contributed by atoms with van der Waals surface area (Å²) in [4.78, 5) is 31.1. The summed E-state index contributed by atoms with van der Waals surface area (Å²) in [6.07, 6.45) is 1.31. The predicted molar refractivity (Wildman–Crippen MR) is 70.4 cm³/mol. The Morgan fingerprint density at radius 3 is 1.39 bits per heavy atom. The van der Waals surface area contributed by atoms with Gasteiger partial charge in [-0.2, -0.15) is 0 Å². The first kappa shape index (κ1) is 36.1. The number of isocyanates is 1. The first-order valence-electron chi connectivity index (χ1n) is 4.21. The van der Waals surface area contributed by atoms with Gasteiger partial charge in [0.15, 0.2) is 0 Å². The van der Waals surface area contributed by atoms with Crippen LogP contribution in [0.25, 0.3) is 0 Å². The van der Waals surface area contributed by atoms with Gasteiger partial charge in [0.2, 0.25) is 6.08 Å². The zero-order valence-electron chi connectivity index (χ0n) is 11.5. The molecule has 7 nitrogen and oxygen atoms in total. The fraction of sp³-hybridized carbons (Fsp3) is 0.600. The summed E-state index contributed by atoms with van der Waals surface area (Å²) in [5.41, 5.74) is 4.50. The molecule has 0 aliphatic carbocycles. The van der Waals surface area contributed by atoms with Crippen LogP contribution in [-0.4, -0.2) is 46.1 Å². The van der Waals surface area contributed by atoms with Crippen LogP contribution in [0.15, 0.2) is 4.99 Å². The molecule has 2 amide bonds. The number of urea groups is 1. The number of aliphatic imine (C=N–C) groups is 1. The second-order valence-electron chi connectivity index (χ2n) is 1.85. The van der Waals surface area contributed by atoms with Crippen LogP contribution < -0.4 is 74.6 Å². The summed E-state index contributed by atoms with van der Waals surface area (Å²) in [6.45, 7) is 4.42. The fourth-order valence-corrected chi connectivity index (χ4v) is 0.125. The minimum Gasteiger partial charge on any atom is -0.341 e. The predicted octanol–water partition coefficient (Wildman–Crippen LogP) is -2.88. The molecule has 0 bridgehead atoms. The number of nitrogens with two attached hydrogens (primary N) is 1. The Labute approximate surface area is 159 Å².